The molecule has 0 atom stereocenters. The van der Waals surface area contributed by atoms with Crippen LogP contribution in [-0.2, 0) is 16.4 Å². The van der Waals surface area contributed by atoms with Crippen LogP contribution in [0.15, 0.2) is 35.3 Å². The van der Waals surface area contributed by atoms with Crippen LogP contribution in [0, 0.1) is 5.92 Å². The Morgan fingerprint density at radius 1 is 1.20 bits per heavy atom. The van der Waals surface area contributed by atoms with Crippen LogP contribution in [0.25, 0.3) is 0 Å². The number of hydrogen-bond acceptors (Lipinski definition) is 3. The van der Waals surface area contributed by atoms with Crippen LogP contribution in [0.1, 0.15) is 25.3 Å². The summed E-state index contributed by atoms with van der Waals surface area (Å²) < 4.78 is 25.4. The molecule has 140 valence electrons. The molecule has 0 amide bonds. The maximum absolute atomic E-state index is 11.4. The van der Waals surface area contributed by atoms with Crippen molar-refractivity contribution in [2.45, 2.75) is 26.2 Å². The van der Waals surface area contributed by atoms with Crippen molar-refractivity contribution in [2.24, 2.45) is 10.9 Å². The lowest BCUT2D eigenvalue weighted by molar-refractivity contribution is 0.259. The van der Waals surface area contributed by atoms with Crippen LogP contribution in [0.5, 0.6) is 0 Å². The summed E-state index contributed by atoms with van der Waals surface area (Å²) in [5, 5.41) is 3.25. The highest BCUT2D eigenvalue weighted by Gasteiger charge is 2.21. The second kappa shape index (κ2) is 9.77. The number of guanidine groups is 1. The molecule has 1 aliphatic rings. The second-order valence-electron chi connectivity index (χ2n) is 6.39. The Balaban J connectivity index is 1.72. The van der Waals surface area contributed by atoms with Crippen LogP contribution < -0.4 is 10.0 Å². The van der Waals surface area contributed by atoms with Crippen LogP contribution in [-0.4, -0.2) is 58.3 Å². The standard InChI is InChI=1S/C18H30N4O2S/c1-3-25(23,24)21-12-11-20-18(19-2)22-13-9-17(10-14-22)15-16-7-5-4-6-8-16/h4-8,17,21H,3,9-15H2,1-2H3,(H,19,20). The third kappa shape index (κ3) is 6.66. The number of rotatable bonds is 7. The van der Waals surface area contributed by atoms with Gasteiger partial charge in [-0.15, -0.1) is 0 Å². The Labute approximate surface area is 151 Å². The Kier molecular flexibility index (Phi) is 7.71. The molecule has 7 heteroatoms. The fraction of sp³-hybridized carbons (Fsp3) is 0.611. The fourth-order valence-corrected chi connectivity index (χ4v) is 3.73. The fourth-order valence-electron chi connectivity index (χ4n) is 3.11. The monoisotopic (exact) mass is 366 g/mol. The quantitative estimate of drug-likeness (QED) is 0.435. The van der Waals surface area contributed by atoms with E-state index in [9.17, 15) is 8.42 Å². The van der Waals surface area contributed by atoms with E-state index in [-0.39, 0.29) is 5.75 Å². The second-order valence-corrected chi connectivity index (χ2v) is 8.49. The van der Waals surface area contributed by atoms with Crippen molar-refractivity contribution < 1.29 is 8.42 Å². The van der Waals surface area contributed by atoms with Gasteiger partial charge in [0.1, 0.15) is 0 Å². The third-order valence-corrected chi connectivity index (χ3v) is 6.01. The van der Waals surface area contributed by atoms with E-state index in [4.69, 9.17) is 0 Å². The molecular weight excluding hydrogens is 336 g/mol. The van der Waals surface area contributed by atoms with Gasteiger partial charge in [0.05, 0.1) is 5.75 Å². The Bertz CT molecular complexity index is 638. The summed E-state index contributed by atoms with van der Waals surface area (Å²) in [6, 6.07) is 10.7. The number of nitrogens with one attached hydrogen (secondary N) is 2. The number of likely N-dealkylation sites (tertiary alicyclic amines) is 1. The van der Waals surface area contributed by atoms with E-state index >= 15 is 0 Å². The first-order chi connectivity index (χ1) is 12.0. The molecule has 1 aliphatic heterocycles. The van der Waals surface area contributed by atoms with Gasteiger partial charge < -0.3 is 10.2 Å². The normalized spacial score (nSPS) is 16.9. The van der Waals surface area contributed by atoms with Gasteiger partial charge in [0, 0.05) is 33.2 Å². The van der Waals surface area contributed by atoms with Crippen molar-refractivity contribution in [2.75, 3.05) is 39.0 Å². The molecule has 1 aromatic rings. The SMILES string of the molecule is CCS(=O)(=O)NCCNC(=NC)N1CCC(Cc2ccccc2)CC1. The van der Waals surface area contributed by atoms with Crippen LogP contribution in [0.2, 0.25) is 0 Å². The van der Waals surface area contributed by atoms with Gasteiger partial charge >= 0.3 is 0 Å². The van der Waals surface area contributed by atoms with Gasteiger partial charge in [-0.2, -0.15) is 0 Å². The predicted molar refractivity (Wildman–Crippen MR) is 103 cm³/mol. The van der Waals surface area contributed by atoms with Gasteiger partial charge in [0.25, 0.3) is 0 Å². The lowest BCUT2D eigenvalue weighted by Crippen LogP contribution is -2.47. The number of benzene rings is 1. The smallest absolute Gasteiger partial charge is 0.211 e. The number of hydrogen-bond donors (Lipinski definition) is 2. The average molecular weight is 367 g/mol. The molecule has 0 aliphatic carbocycles. The Hall–Kier alpha value is -1.60. The summed E-state index contributed by atoms with van der Waals surface area (Å²) >= 11 is 0. The largest absolute Gasteiger partial charge is 0.355 e. The van der Waals surface area contributed by atoms with E-state index in [1.807, 2.05) is 0 Å². The zero-order valence-corrected chi connectivity index (χ0v) is 16.1. The molecule has 0 spiro atoms. The third-order valence-electron chi connectivity index (χ3n) is 4.60. The van der Waals surface area contributed by atoms with Crippen LogP contribution in [0.4, 0.5) is 0 Å². The number of nitrogens with zero attached hydrogens (tertiary/aromatic N) is 2. The molecule has 0 unspecified atom stereocenters. The Morgan fingerprint density at radius 2 is 1.88 bits per heavy atom. The molecule has 0 aromatic heterocycles. The summed E-state index contributed by atoms with van der Waals surface area (Å²) in [7, 11) is -1.36. The zero-order chi connectivity index (χ0) is 18.1. The molecule has 0 radical (unpaired) electrons. The highest BCUT2D eigenvalue weighted by molar-refractivity contribution is 7.89. The van der Waals surface area contributed by atoms with E-state index in [1.165, 1.54) is 5.56 Å². The topological polar surface area (TPSA) is 73.8 Å². The zero-order valence-electron chi connectivity index (χ0n) is 15.2. The van der Waals surface area contributed by atoms with Crippen molar-refractivity contribution in [1.82, 2.24) is 14.9 Å². The molecular formula is C18H30N4O2S. The van der Waals surface area contributed by atoms with Crippen LogP contribution in [0.3, 0.4) is 0 Å². The molecule has 0 saturated carbocycles. The van der Waals surface area contributed by atoms with E-state index in [2.05, 4.69) is 50.3 Å². The van der Waals surface area contributed by atoms with E-state index in [0.29, 0.717) is 19.0 Å². The molecule has 1 fully saturated rings. The van der Waals surface area contributed by atoms with Gasteiger partial charge in [-0.3, -0.25) is 4.99 Å². The Morgan fingerprint density at radius 3 is 2.48 bits per heavy atom. The molecule has 25 heavy (non-hydrogen) atoms. The molecule has 1 heterocycles. The summed E-state index contributed by atoms with van der Waals surface area (Å²) in [6.07, 6.45) is 3.44. The van der Waals surface area contributed by atoms with Gasteiger partial charge in [-0.05, 0) is 37.7 Å². The van der Waals surface area contributed by atoms with Gasteiger partial charge in [0.2, 0.25) is 10.0 Å². The first kappa shape index (κ1) is 19.7. The maximum Gasteiger partial charge on any atom is 0.211 e. The predicted octanol–water partition coefficient (Wildman–Crippen LogP) is 1.46. The first-order valence-electron chi connectivity index (χ1n) is 9.01. The summed E-state index contributed by atoms with van der Waals surface area (Å²) in [4.78, 5) is 6.59. The minimum absolute atomic E-state index is 0.108. The van der Waals surface area contributed by atoms with Crippen molar-refractivity contribution in [3.63, 3.8) is 0 Å². The lowest BCUT2D eigenvalue weighted by Gasteiger charge is -2.34. The van der Waals surface area contributed by atoms with Gasteiger partial charge in [0.15, 0.2) is 5.96 Å². The highest BCUT2D eigenvalue weighted by atomic mass is 32.2. The summed E-state index contributed by atoms with van der Waals surface area (Å²) in [6.45, 7) is 4.51. The van der Waals surface area contributed by atoms with Gasteiger partial charge in [-0.1, -0.05) is 30.3 Å². The summed E-state index contributed by atoms with van der Waals surface area (Å²) in [5.41, 5.74) is 1.41. The average Bonchev–Trinajstić information content (AvgIpc) is 2.64. The molecule has 2 N–H and O–H groups in total. The van der Waals surface area contributed by atoms with E-state index in [1.54, 1.807) is 14.0 Å². The molecule has 1 saturated heterocycles. The van der Waals surface area contributed by atoms with E-state index < -0.39 is 10.0 Å². The number of piperidine rings is 1. The van der Waals surface area contributed by atoms with Crippen molar-refractivity contribution >= 4 is 16.0 Å². The van der Waals surface area contributed by atoms with Crippen LogP contribution >= 0.6 is 0 Å². The van der Waals surface area contributed by atoms with E-state index in [0.717, 1.165) is 38.3 Å². The molecule has 1 aromatic carbocycles. The molecule has 0 bridgehead atoms. The number of sulfonamides is 1. The van der Waals surface area contributed by atoms with Crippen molar-refractivity contribution in [3.8, 4) is 0 Å². The molecule has 2 rings (SSSR count). The number of aliphatic imine (C=N–C) groups is 1. The van der Waals surface area contributed by atoms with Crippen molar-refractivity contribution in [1.29, 1.82) is 0 Å². The maximum atomic E-state index is 11.4. The highest BCUT2D eigenvalue weighted by Crippen LogP contribution is 2.21. The lowest BCUT2D eigenvalue weighted by atomic mass is 9.90. The minimum Gasteiger partial charge on any atom is -0.355 e. The van der Waals surface area contributed by atoms with Crippen molar-refractivity contribution in [3.05, 3.63) is 35.9 Å². The minimum atomic E-state index is -3.13. The summed E-state index contributed by atoms with van der Waals surface area (Å²) in [5.74, 6) is 1.68. The first-order valence-corrected chi connectivity index (χ1v) is 10.7. The van der Waals surface area contributed by atoms with Gasteiger partial charge in [-0.25, -0.2) is 13.1 Å². The molecule has 6 nitrogen and oxygen atoms in total.